The number of nitrogens with one attached hydrogen (secondary N) is 1. The summed E-state index contributed by atoms with van der Waals surface area (Å²) in [7, 11) is 1.64. The van der Waals surface area contributed by atoms with Crippen LogP contribution < -0.4 is 10.1 Å². The number of benzene rings is 1. The van der Waals surface area contributed by atoms with E-state index >= 15 is 0 Å². The first-order chi connectivity index (χ1) is 11.6. The maximum absolute atomic E-state index is 12.3. The molecule has 1 aromatic heterocycles. The molecule has 1 fully saturated rings. The van der Waals surface area contributed by atoms with Crippen molar-refractivity contribution in [1.29, 1.82) is 0 Å². The molecule has 1 aromatic carbocycles. The van der Waals surface area contributed by atoms with Gasteiger partial charge in [0.25, 0.3) is 0 Å². The normalized spacial score (nSPS) is 15.1. The monoisotopic (exact) mass is 347 g/mol. The quantitative estimate of drug-likeness (QED) is 0.774. The first-order valence-corrected chi connectivity index (χ1v) is 8.91. The van der Waals surface area contributed by atoms with Crippen LogP contribution in [0.2, 0.25) is 0 Å². The summed E-state index contributed by atoms with van der Waals surface area (Å²) in [5.74, 6) is 1.01. The number of ether oxygens (including phenoxy) is 1. The average Bonchev–Trinajstić information content (AvgIpc) is 3.31. The summed E-state index contributed by atoms with van der Waals surface area (Å²) in [6.07, 6.45) is 2.21. The van der Waals surface area contributed by atoms with Crippen molar-refractivity contribution in [2.75, 3.05) is 12.9 Å². The number of aryl methyl sites for hydroxylation is 1. The molecular formula is C16H21N5O2S. The van der Waals surface area contributed by atoms with Crippen molar-refractivity contribution in [2.45, 2.75) is 43.9 Å². The molecule has 0 bridgehead atoms. The van der Waals surface area contributed by atoms with Gasteiger partial charge in [0, 0.05) is 5.56 Å². The predicted octanol–water partition coefficient (Wildman–Crippen LogP) is 2.29. The van der Waals surface area contributed by atoms with E-state index < -0.39 is 0 Å². The van der Waals surface area contributed by atoms with Crippen LogP contribution in [0.15, 0.2) is 23.4 Å². The highest BCUT2D eigenvalue weighted by Crippen LogP contribution is 2.36. The van der Waals surface area contributed by atoms with Crippen LogP contribution in [0.1, 0.15) is 43.0 Å². The molecule has 1 aliphatic carbocycles. The molecule has 0 saturated heterocycles. The summed E-state index contributed by atoms with van der Waals surface area (Å²) in [5, 5.41) is 15.4. The fraction of sp³-hybridized carbons (Fsp3) is 0.500. The smallest absolute Gasteiger partial charge is 0.230 e. The van der Waals surface area contributed by atoms with E-state index in [-0.39, 0.29) is 17.7 Å². The Labute approximate surface area is 145 Å². The number of carbonyl (C=O) groups is 1. The molecule has 3 rings (SSSR count). The number of rotatable bonds is 7. The topological polar surface area (TPSA) is 81.9 Å². The van der Waals surface area contributed by atoms with Crippen LogP contribution in [0.25, 0.3) is 0 Å². The summed E-state index contributed by atoms with van der Waals surface area (Å²) in [6, 6.07) is 6.22. The van der Waals surface area contributed by atoms with Crippen LogP contribution in [0.3, 0.4) is 0 Å². The first kappa shape index (κ1) is 16.8. The second kappa shape index (κ2) is 7.21. The number of nitrogens with zero attached hydrogens (tertiary/aromatic N) is 4. The second-order valence-electron chi connectivity index (χ2n) is 5.96. The zero-order valence-corrected chi connectivity index (χ0v) is 14.8. The highest BCUT2D eigenvalue weighted by molar-refractivity contribution is 7.99. The first-order valence-electron chi connectivity index (χ1n) is 7.93. The van der Waals surface area contributed by atoms with Crippen molar-refractivity contribution in [2.24, 2.45) is 0 Å². The van der Waals surface area contributed by atoms with Gasteiger partial charge in [-0.1, -0.05) is 29.5 Å². The Morgan fingerprint density at radius 1 is 1.50 bits per heavy atom. The Hall–Kier alpha value is -2.09. The van der Waals surface area contributed by atoms with Gasteiger partial charge in [-0.15, -0.1) is 5.10 Å². The Morgan fingerprint density at radius 2 is 2.29 bits per heavy atom. The molecule has 1 heterocycles. The predicted molar refractivity (Wildman–Crippen MR) is 91.1 cm³/mol. The molecule has 128 valence electrons. The molecule has 2 aromatic rings. The Bertz CT molecular complexity index is 729. The number of thioether (sulfide) groups is 1. The summed E-state index contributed by atoms with van der Waals surface area (Å²) >= 11 is 1.36. The zero-order chi connectivity index (χ0) is 17.1. The second-order valence-corrected chi connectivity index (χ2v) is 6.90. The van der Waals surface area contributed by atoms with Crippen molar-refractivity contribution in [1.82, 2.24) is 25.5 Å². The molecular weight excluding hydrogens is 326 g/mol. The van der Waals surface area contributed by atoms with Gasteiger partial charge in [0.05, 0.1) is 24.9 Å². The molecule has 1 N–H and O–H groups in total. The molecule has 1 saturated carbocycles. The number of hydrogen-bond acceptors (Lipinski definition) is 6. The Morgan fingerprint density at radius 3 is 3.00 bits per heavy atom. The number of hydrogen-bond donors (Lipinski definition) is 1. The number of tetrazole rings is 1. The summed E-state index contributed by atoms with van der Waals surface area (Å²) in [6.45, 7) is 3.97. The molecule has 0 radical (unpaired) electrons. The number of amides is 1. The minimum Gasteiger partial charge on any atom is -0.496 e. The van der Waals surface area contributed by atoms with Crippen LogP contribution in [0, 0.1) is 6.92 Å². The molecule has 1 atom stereocenters. The van der Waals surface area contributed by atoms with Crippen molar-refractivity contribution in [3.05, 3.63) is 29.3 Å². The lowest BCUT2D eigenvalue weighted by molar-refractivity contribution is -0.119. The molecule has 0 aliphatic heterocycles. The van der Waals surface area contributed by atoms with E-state index in [4.69, 9.17) is 4.74 Å². The third-order valence-electron chi connectivity index (χ3n) is 3.92. The molecule has 1 unspecified atom stereocenters. The van der Waals surface area contributed by atoms with Gasteiger partial charge in [0.2, 0.25) is 11.1 Å². The van der Waals surface area contributed by atoms with Crippen molar-refractivity contribution in [3.63, 3.8) is 0 Å². The zero-order valence-electron chi connectivity index (χ0n) is 14.0. The third kappa shape index (κ3) is 3.87. The average molecular weight is 347 g/mol. The fourth-order valence-electron chi connectivity index (χ4n) is 2.51. The summed E-state index contributed by atoms with van der Waals surface area (Å²) < 4.78 is 7.20. The van der Waals surface area contributed by atoms with Gasteiger partial charge >= 0.3 is 0 Å². The number of carbonyl (C=O) groups excluding carboxylic acids is 1. The van der Waals surface area contributed by atoms with E-state index in [1.165, 1.54) is 11.8 Å². The summed E-state index contributed by atoms with van der Waals surface area (Å²) in [5.41, 5.74) is 2.10. The van der Waals surface area contributed by atoms with E-state index in [0.717, 1.165) is 29.7 Å². The standard InChI is InChI=1S/C16H21N5O2S/c1-10-4-7-14(23-3)13(8-10)11(2)17-15(22)9-24-16-18-19-20-21(16)12-5-6-12/h4,7-8,11-12H,5-6,9H2,1-3H3,(H,17,22). The van der Waals surface area contributed by atoms with Gasteiger partial charge in [-0.2, -0.15) is 0 Å². The Kier molecular flexibility index (Phi) is 5.03. The van der Waals surface area contributed by atoms with Gasteiger partial charge in [0.15, 0.2) is 0 Å². The van der Waals surface area contributed by atoms with Gasteiger partial charge in [0.1, 0.15) is 5.75 Å². The number of methoxy groups -OCH3 is 1. The minimum atomic E-state index is -0.132. The Balaban J connectivity index is 1.58. The summed E-state index contributed by atoms with van der Waals surface area (Å²) in [4.78, 5) is 12.3. The fourth-order valence-corrected chi connectivity index (χ4v) is 3.27. The van der Waals surface area contributed by atoms with Crippen LogP contribution >= 0.6 is 11.8 Å². The van der Waals surface area contributed by atoms with E-state index in [2.05, 4.69) is 20.8 Å². The highest BCUT2D eigenvalue weighted by atomic mass is 32.2. The van der Waals surface area contributed by atoms with E-state index in [1.807, 2.05) is 36.7 Å². The largest absolute Gasteiger partial charge is 0.496 e. The van der Waals surface area contributed by atoms with Crippen molar-refractivity contribution in [3.8, 4) is 5.75 Å². The third-order valence-corrected chi connectivity index (χ3v) is 4.85. The molecule has 7 nitrogen and oxygen atoms in total. The lowest BCUT2D eigenvalue weighted by Crippen LogP contribution is -2.28. The van der Waals surface area contributed by atoms with Gasteiger partial charge in [-0.3, -0.25) is 4.79 Å². The molecule has 1 aliphatic rings. The van der Waals surface area contributed by atoms with Crippen LogP contribution in [-0.4, -0.2) is 39.0 Å². The van der Waals surface area contributed by atoms with E-state index in [1.54, 1.807) is 7.11 Å². The molecule has 24 heavy (non-hydrogen) atoms. The number of aromatic nitrogens is 4. The molecule has 0 spiro atoms. The SMILES string of the molecule is COc1ccc(C)cc1C(C)NC(=O)CSc1nnnn1C1CC1. The maximum Gasteiger partial charge on any atom is 0.230 e. The van der Waals surface area contributed by atoms with Gasteiger partial charge in [-0.05, 0) is 43.2 Å². The van der Waals surface area contributed by atoms with E-state index in [0.29, 0.717) is 11.2 Å². The lowest BCUT2D eigenvalue weighted by atomic mass is 10.0. The lowest BCUT2D eigenvalue weighted by Gasteiger charge is -2.18. The van der Waals surface area contributed by atoms with Crippen molar-refractivity contribution >= 4 is 17.7 Å². The maximum atomic E-state index is 12.3. The van der Waals surface area contributed by atoms with Crippen LogP contribution in [0.4, 0.5) is 0 Å². The van der Waals surface area contributed by atoms with Crippen LogP contribution in [-0.2, 0) is 4.79 Å². The molecule has 8 heteroatoms. The highest BCUT2D eigenvalue weighted by Gasteiger charge is 2.28. The minimum absolute atomic E-state index is 0.0543. The van der Waals surface area contributed by atoms with Crippen molar-refractivity contribution < 1.29 is 9.53 Å². The van der Waals surface area contributed by atoms with E-state index in [9.17, 15) is 4.79 Å². The molecule has 1 amide bonds. The van der Waals surface area contributed by atoms with Gasteiger partial charge in [-0.25, -0.2) is 4.68 Å². The van der Waals surface area contributed by atoms with Crippen LogP contribution in [0.5, 0.6) is 5.75 Å². The van der Waals surface area contributed by atoms with Gasteiger partial charge < -0.3 is 10.1 Å².